The average molecular weight is 238 g/mol. The molecule has 2 aromatic rings. The number of hydrogen-bond acceptors (Lipinski definition) is 1. The second-order valence-corrected chi connectivity index (χ2v) is 4.78. The van der Waals surface area contributed by atoms with Crippen LogP contribution >= 0.6 is 0 Å². The normalized spacial score (nSPS) is 18.4. The van der Waals surface area contributed by atoms with Gasteiger partial charge < -0.3 is 0 Å². The Balaban J connectivity index is 1.92. The van der Waals surface area contributed by atoms with Crippen molar-refractivity contribution >= 4 is 6.08 Å². The molecule has 0 bridgehead atoms. The highest BCUT2D eigenvalue weighted by molar-refractivity contribution is 5.46. The third-order valence-corrected chi connectivity index (χ3v) is 3.54. The van der Waals surface area contributed by atoms with Crippen LogP contribution in [0, 0.1) is 0 Å². The minimum Gasteiger partial charge on any atom is -0.268 e. The maximum Gasteiger partial charge on any atom is 0.0850 e. The molecule has 2 nitrogen and oxygen atoms in total. The Bertz CT molecular complexity index is 552. The first-order chi connectivity index (χ1) is 8.88. The van der Waals surface area contributed by atoms with E-state index in [1.54, 1.807) is 0 Å². The summed E-state index contributed by atoms with van der Waals surface area (Å²) >= 11 is 0. The summed E-state index contributed by atoms with van der Waals surface area (Å²) in [6.07, 6.45) is 6.51. The standard InChI is InChI=1S/C16H18N2/c1-2-3-9-14-12-16-15(10-11-18(16)17-14)13-7-5-4-6-8-13/h3-9,12,15H,2,10-11H2,1H3/b9-3-. The first-order valence-corrected chi connectivity index (χ1v) is 6.67. The van der Waals surface area contributed by atoms with E-state index in [2.05, 4.69) is 65.3 Å². The van der Waals surface area contributed by atoms with Gasteiger partial charge in [-0.05, 0) is 30.5 Å². The van der Waals surface area contributed by atoms with Crippen LogP contribution in [0.4, 0.5) is 0 Å². The van der Waals surface area contributed by atoms with Crippen molar-refractivity contribution in [2.45, 2.75) is 32.2 Å². The lowest BCUT2D eigenvalue weighted by atomic mass is 9.95. The summed E-state index contributed by atoms with van der Waals surface area (Å²) in [5.74, 6) is 0.516. The molecule has 0 spiro atoms. The number of fused-ring (bicyclic) bond motifs is 1. The summed E-state index contributed by atoms with van der Waals surface area (Å²) < 4.78 is 2.16. The van der Waals surface area contributed by atoms with Gasteiger partial charge in [-0.1, -0.05) is 43.3 Å². The largest absolute Gasteiger partial charge is 0.268 e. The molecule has 92 valence electrons. The lowest BCUT2D eigenvalue weighted by Crippen LogP contribution is -1.96. The van der Waals surface area contributed by atoms with E-state index in [0.29, 0.717) is 5.92 Å². The van der Waals surface area contributed by atoms with Crippen molar-refractivity contribution in [1.29, 1.82) is 0 Å². The Kier molecular flexibility index (Phi) is 3.01. The van der Waals surface area contributed by atoms with Crippen molar-refractivity contribution in [2.75, 3.05) is 0 Å². The average Bonchev–Trinajstić information content (AvgIpc) is 2.96. The van der Waals surface area contributed by atoms with Gasteiger partial charge in [0, 0.05) is 18.2 Å². The quantitative estimate of drug-likeness (QED) is 0.794. The Hall–Kier alpha value is -1.83. The summed E-state index contributed by atoms with van der Waals surface area (Å²) in [7, 11) is 0. The SMILES string of the molecule is CC/C=C\c1cc2n(n1)CCC2c1ccccc1. The van der Waals surface area contributed by atoms with Crippen molar-refractivity contribution in [3.63, 3.8) is 0 Å². The van der Waals surface area contributed by atoms with E-state index in [1.807, 2.05) is 0 Å². The number of nitrogens with zero attached hydrogens (tertiary/aromatic N) is 2. The van der Waals surface area contributed by atoms with Gasteiger partial charge in [-0.2, -0.15) is 5.10 Å². The summed E-state index contributed by atoms with van der Waals surface area (Å²) in [5, 5.41) is 4.63. The fourth-order valence-electron chi connectivity index (χ4n) is 2.65. The van der Waals surface area contributed by atoms with Gasteiger partial charge in [-0.3, -0.25) is 4.68 Å². The van der Waals surface area contributed by atoms with Gasteiger partial charge in [0.15, 0.2) is 0 Å². The molecule has 1 aromatic heterocycles. The highest BCUT2D eigenvalue weighted by Crippen LogP contribution is 2.34. The molecule has 1 aliphatic heterocycles. The molecule has 2 heterocycles. The van der Waals surface area contributed by atoms with Crippen LogP contribution in [0.3, 0.4) is 0 Å². The highest BCUT2D eigenvalue weighted by atomic mass is 15.3. The molecule has 0 amide bonds. The van der Waals surface area contributed by atoms with Crippen molar-refractivity contribution in [3.05, 3.63) is 59.4 Å². The predicted octanol–water partition coefficient (Wildman–Crippen LogP) is 3.84. The first-order valence-electron chi connectivity index (χ1n) is 6.67. The molecule has 0 aliphatic carbocycles. The van der Waals surface area contributed by atoms with Crippen LogP contribution in [0.1, 0.15) is 42.6 Å². The van der Waals surface area contributed by atoms with Gasteiger partial charge in [0.05, 0.1) is 5.69 Å². The van der Waals surface area contributed by atoms with E-state index < -0.39 is 0 Å². The summed E-state index contributed by atoms with van der Waals surface area (Å²) in [6, 6.07) is 13.0. The molecule has 0 saturated carbocycles. The second-order valence-electron chi connectivity index (χ2n) is 4.78. The van der Waals surface area contributed by atoms with E-state index in [1.165, 1.54) is 17.7 Å². The van der Waals surface area contributed by atoms with Crippen LogP contribution in [0.15, 0.2) is 42.5 Å². The van der Waals surface area contributed by atoms with Gasteiger partial charge in [0.1, 0.15) is 0 Å². The molecule has 18 heavy (non-hydrogen) atoms. The van der Waals surface area contributed by atoms with E-state index in [4.69, 9.17) is 0 Å². The topological polar surface area (TPSA) is 17.8 Å². The van der Waals surface area contributed by atoms with E-state index in [-0.39, 0.29) is 0 Å². The molecule has 0 N–H and O–H groups in total. The second kappa shape index (κ2) is 4.81. The Labute approximate surface area is 108 Å². The van der Waals surface area contributed by atoms with E-state index in [9.17, 15) is 0 Å². The fourth-order valence-corrected chi connectivity index (χ4v) is 2.65. The molecule has 3 rings (SSSR count). The van der Waals surface area contributed by atoms with Gasteiger partial charge in [0.2, 0.25) is 0 Å². The van der Waals surface area contributed by atoms with E-state index >= 15 is 0 Å². The third-order valence-electron chi connectivity index (χ3n) is 3.54. The molecule has 0 radical (unpaired) electrons. The lowest BCUT2D eigenvalue weighted by Gasteiger charge is -2.08. The van der Waals surface area contributed by atoms with Crippen molar-refractivity contribution in [3.8, 4) is 0 Å². The van der Waals surface area contributed by atoms with Gasteiger partial charge in [-0.25, -0.2) is 0 Å². The third kappa shape index (κ3) is 1.99. The van der Waals surface area contributed by atoms with Crippen LogP contribution in [0.5, 0.6) is 0 Å². The molecule has 1 aromatic carbocycles. The molecular weight excluding hydrogens is 220 g/mol. The Morgan fingerprint density at radius 2 is 2.17 bits per heavy atom. The molecule has 2 heteroatoms. The summed E-state index contributed by atoms with van der Waals surface area (Å²) in [5.41, 5.74) is 3.85. The smallest absolute Gasteiger partial charge is 0.0850 e. The molecular formula is C16H18N2. The summed E-state index contributed by atoms with van der Waals surface area (Å²) in [6.45, 7) is 3.18. The zero-order valence-electron chi connectivity index (χ0n) is 10.7. The van der Waals surface area contributed by atoms with Gasteiger partial charge in [0.25, 0.3) is 0 Å². The molecule has 1 aliphatic rings. The molecule has 1 atom stereocenters. The van der Waals surface area contributed by atoms with Crippen LogP contribution in [0.2, 0.25) is 0 Å². The zero-order valence-corrected chi connectivity index (χ0v) is 10.7. The first kappa shape index (κ1) is 11.3. The number of benzene rings is 1. The molecule has 0 saturated heterocycles. The van der Waals surface area contributed by atoms with Crippen LogP contribution in [-0.4, -0.2) is 9.78 Å². The Morgan fingerprint density at radius 3 is 2.94 bits per heavy atom. The van der Waals surface area contributed by atoms with Gasteiger partial charge in [-0.15, -0.1) is 0 Å². The fraction of sp³-hybridized carbons (Fsp3) is 0.312. The minimum atomic E-state index is 0.516. The number of rotatable bonds is 3. The van der Waals surface area contributed by atoms with Gasteiger partial charge >= 0.3 is 0 Å². The Morgan fingerprint density at radius 1 is 1.33 bits per heavy atom. The number of aromatic nitrogens is 2. The summed E-state index contributed by atoms with van der Waals surface area (Å²) in [4.78, 5) is 0. The number of hydrogen-bond donors (Lipinski definition) is 0. The predicted molar refractivity (Wildman–Crippen MR) is 74.5 cm³/mol. The number of aryl methyl sites for hydroxylation is 1. The highest BCUT2D eigenvalue weighted by Gasteiger charge is 2.25. The van der Waals surface area contributed by atoms with E-state index in [0.717, 1.165) is 18.7 Å². The minimum absolute atomic E-state index is 0.516. The lowest BCUT2D eigenvalue weighted by molar-refractivity contribution is 0.647. The van der Waals surface area contributed by atoms with Crippen molar-refractivity contribution < 1.29 is 0 Å². The molecule has 1 unspecified atom stereocenters. The van der Waals surface area contributed by atoms with Crippen LogP contribution in [-0.2, 0) is 6.54 Å². The number of allylic oxidation sites excluding steroid dienone is 1. The maximum atomic E-state index is 4.63. The zero-order chi connectivity index (χ0) is 12.4. The van der Waals surface area contributed by atoms with Crippen molar-refractivity contribution in [1.82, 2.24) is 9.78 Å². The maximum absolute atomic E-state index is 4.63. The van der Waals surface area contributed by atoms with Crippen LogP contribution in [0.25, 0.3) is 6.08 Å². The monoisotopic (exact) mass is 238 g/mol. The molecule has 0 fully saturated rings. The van der Waals surface area contributed by atoms with Crippen molar-refractivity contribution in [2.24, 2.45) is 0 Å². The van der Waals surface area contributed by atoms with Crippen LogP contribution < -0.4 is 0 Å².